The Bertz CT molecular complexity index is 858. The first-order chi connectivity index (χ1) is 14.2. The number of fused-ring (bicyclic) bond motifs is 1. The summed E-state index contributed by atoms with van der Waals surface area (Å²) >= 11 is 0. The number of ketones is 1. The Morgan fingerprint density at radius 3 is 2.76 bits per heavy atom. The molecule has 4 rings (SSSR count). The second-order valence-electron chi connectivity index (χ2n) is 7.94. The Morgan fingerprint density at radius 1 is 1.07 bits per heavy atom. The smallest absolute Gasteiger partial charge is 0.207 e. The lowest BCUT2D eigenvalue weighted by Gasteiger charge is -2.37. The van der Waals surface area contributed by atoms with Crippen LogP contribution in [0.4, 0.5) is 0 Å². The van der Waals surface area contributed by atoms with Crippen molar-refractivity contribution in [2.45, 2.75) is 51.2 Å². The number of hydrogen-bond acceptors (Lipinski definition) is 4. The molecule has 4 heteroatoms. The topological polar surface area (TPSA) is 44.8 Å². The number of aryl methyl sites for hydroxylation is 2. The van der Waals surface area contributed by atoms with Crippen LogP contribution in [0.25, 0.3) is 0 Å². The number of rotatable bonds is 7. The molecule has 29 heavy (non-hydrogen) atoms. The third-order valence-corrected chi connectivity index (χ3v) is 5.70. The van der Waals surface area contributed by atoms with Gasteiger partial charge in [0.15, 0.2) is 0 Å². The summed E-state index contributed by atoms with van der Waals surface area (Å²) in [6.07, 6.45) is 5.99. The van der Waals surface area contributed by atoms with E-state index in [1.165, 1.54) is 11.8 Å². The van der Waals surface area contributed by atoms with Gasteiger partial charge in [0.1, 0.15) is 18.1 Å². The third-order valence-electron chi connectivity index (χ3n) is 5.70. The van der Waals surface area contributed by atoms with Gasteiger partial charge in [0, 0.05) is 13.0 Å². The molecule has 1 saturated carbocycles. The van der Waals surface area contributed by atoms with Crippen LogP contribution in [0.1, 0.15) is 36.8 Å². The normalized spacial score (nSPS) is 23.7. The highest BCUT2D eigenvalue weighted by Crippen LogP contribution is 2.35. The van der Waals surface area contributed by atoms with Gasteiger partial charge in [0.25, 0.3) is 0 Å². The van der Waals surface area contributed by atoms with Gasteiger partial charge in [-0.05, 0) is 55.9 Å². The third kappa shape index (κ3) is 5.07. The summed E-state index contributed by atoms with van der Waals surface area (Å²) in [7, 11) is 0. The molecule has 0 amide bonds. The molecule has 152 valence electrons. The van der Waals surface area contributed by atoms with Gasteiger partial charge >= 0.3 is 0 Å². The van der Waals surface area contributed by atoms with Gasteiger partial charge < -0.3 is 14.2 Å². The highest BCUT2D eigenvalue weighted by molar-refractivity contribution is 5.96. The molecule has 2 aromatic carbocycles. The molecule has 4 nitrogen and oxygen atoms in total. The van der Waals surface area contributed by atoms with Gasteiger partial charge in [0.05, 0.1) is 12.0 Å². The fraction of sp³-hybridized carbons (Fsp3) is 0.400. The van der Waals surface area contributed by atoms with Gasteiger partial charge in [-0.25, -0.2) is 0 Å². The van der Waals surface area contributed by atoms with Gasteiger partial charge in [-0.2, -0.15) is 0 Å². The molecule has 1 fully saturated rings. The molecule has 0 spiro atoms. The molecule has 3 unspecified atom stereocenters. The first kappa shape index (κ1) is 19.7. The summed E-state index contributed by atoms with van der Waals surface area (Å²) in [5.41, 5.74) is 2.43. The van der Waals surface area contributed by atoms with Crippen molar-refractivity contribution in [1.29, 1.82) is 0 Å². The molecule has 0 aromatic heterocycles. The number of Topliss-reactive ketones (excluding diaryl/α,β-unsaturated/α-hetero) is 1. The van der Waals surface area contributed by atoms with E-state index in [0.717, 1.165) is 44.3 Å². The zero-order valence-corrected chi connectivity index (χ0v) is 16.9. The maximum absolute atomic E-state index is 12.9. The molecule has 0 radical (unpaired) electrons. The Labute approximate surface area is 172 Å². The average Bonchev–Trinajstić information content (AvgIpc) is 2.74. The molecule has 2 aromatic rings. The lowest BCUT2D eigenvalue weighted by molar-refractivity contribution is -0.133. The number of benzene rings is 2. The predicted octanol–water partition coefficient (Wildman–Crippen LogP) is 5.00. The van der Waals surface area contributed by atoms with Crippen LogP contribution in [0.2, 0.25) is 0 Å². The van der Waals surface area contributed by atoms with Crippen molar-refractivity contribution in [2.24, 2.45) is 5.92 Å². The number of carbonyl (C=O) groups is 1. The zero-order chi connectivity index (χ0) is 20.1. The van der Waals surface area contributed by atoms with E-state index >= 15 is 0 Å². The predicted molar refractivity (Wildman–Crippen MR) is 112 cm³/mol. The fourth-order valence-electron chi connectivity index (χ4n) is 4.14. The Balaban J connectivity index is 1.26. The average molecular weight is 392 g/mol. The number of ether oxygens (including phenoxy) is 3. The van der Waals surface area contributed by atoms with E-state index in [1.807, 2.05) is 37.3 Å². The summed E-state index contributed by atoms with van der Waals surface area (Å²) in [4.78, 5) is 12.9. The van der Waals surface area contributed by atoms with Crippen molar-refractivity contribution in [3.8, 4) is 5.75 Å². The van der Waals surface area contributed by atoms with Crippen LogP contribution < -0.4 is 4.74 Å². The zero-order valence-electron chi connectivity index (χ0n) is 16.9. The molecule has 1 aliphatic heterocycles. The second-order valence-corrected chi connectivity index (χ2v) is 7.94. The number of allylic oxidation sites excluding steroid dienone is 1. The van der Waals surface area contributed by atoms with Gasteiger partial charge in [0.2, 0.25) is 11.5 Å². The van der Waals surface area contributed by atoms with Crippen molar-refractivity contribution in [1.82, 2.24) is 0 Å². The minimum absolute atomic E-state index is 0.0466. The standard InChI is InChI=1S/C25H28O4/c1-18-7-5-11-21(15-18)29-24-17-28-23-16-20(12-13-22(23)25(24)26)27-14-6-10-19-8-3-2-4-9-19/h2-5,7-9,11,15,17,20,22-23H,6,10,12-14,16H2,1H3. The van der Waals surface area contributed by atoms with E-state index in [4.69, 9.17) is 14.2 Å². The SMILES string of the molecule is Cc1cccc(OC2=COC3CC(OCCCc4ccccc4)CCC3C2=O)c1. The van der Waals surface area contributed by atoms with Crippen LogP contribution in [0.15, 0.2) is 66.6 Å². The van der Waals surface area contributed by atoms with Crippen LogP contribution in [0, 0.1) is 12.8 Å². The van der Waals surface area contributed by atoms with E-state index in [0.29, 0.717) is 11.5 Å². The van der Waals surface area contributed by atoms with Crippen LogP contribution in [0.3, 0.4) is 0 Å². The first-order valence-corrected chi connectivity index (χ1v) is 10.5. The van der Waals surface area contributed by atoms with E-state index in [1.54, 1.807) is 0 Å². The molecule has 3 atom stereocenters. The van der Waals surface area contributed by atoms with Gasteiger partial charge in [-0.15, -0.1) is 0 Å². The Morgan fingerprint density at radius 2 is 1.93 bits per heavy atom. The molecule has 0 saturated heterocycles. The molecule has 0 bridgehead atoms. The van der Waals surface area contributed by atoms with Crippen molar-refractivity contribution in [3.63, 3.8) is 0 Å². The minimum atomic E-state index is -0.135. The largest absolute Gasteiger partial charge is 0.493 e. The highest BCUT2D eigenvalue weighted by Gasteiger charge is 2.41. The summed E-state index contributed by atoms with van der Waals surface area (Å²) in [5, 5.41) is 0. The van der Waals surface area contributed by atoms with Gasteiger partial charge in [-0.1, -0.05) is 42.5 Å². The quantitative estimate of drug-likeness (QED) is 0.622. The Kier molecular flexibility index (Phi) is 6.30. The molecular formula is C25H28O4. The maximum Gasteiger partial charge on any atom is 0.207 e. The molecule has 1 heterocycles. The van der Waals surface area contributed by atoms with Gasteiger partial charge in [-0.3, -0.25) is 4.79 Å². The second kappa shape index (κ2) is 9.27. The first-order valence-electron chi connectivity index (χ1n) is 10.5. The molecule has 0 N–H and O–H groups in total. The monoisotopic (exact) mass is 392 g/mol. The number of carbonyl (C=O) groups excluding carboxylic acids is 1. The van der Waals surface area contributed by atoms with E-state index in [2.05, 4.69) is 24.3 Å². The van der Waals surface area contributed by atoms with Crippen molar-refractivity contribution in [2.75, 3.05) is 6.61 Å². The Hall–Kier alpha value is -2.59. The highest BCUT2D eigenvalue weighted by atomic mass is 16.5. The fourth-order valence-corrected chi connectivity index (χ4v) is 4.14. The summed E-state index contributed by atoms with van der Waals surface area (Å²) < 4.78 is 17.8. The summed E-state index contributed by atoms with van der Waals surface area (Å²) in [6.45, 7) is 2.74. The van der Waals surface area contributed by atoms with Crippen molar-refractivity contribution < 1.29 is 19.0 Å². The molecule has 1 aliphatic carbocycles. The molecule has 2 aliphatic rings. The minimum Gasteiger partial charge on any atom is -0.493 e. The van der Waals surface area contributed by atoms with E-state index in [9.17, 15) is 4.79 Å². The lowest BCUT2D eigenvalue weighted by Crippen LogP contribution is -2.42. The van der Waals surface area contributed by atoms with Crippen LogP contribution in [-0.2, 0) is 20.7 Å². The van der Waals surface area contributed by atoms with Crippen molar-refractivity contribution >= 4 is 5.78 Å². The van der Waals surface area contributed by atoms with Crippen LogP contribution in [0.5, 0.6) is 5.75 Å². The van der Waals surface area contributed by atoms with E-state index < -0.39 is 0 Å². The molecular weight excluding hydrogens is 364 g/mol. The van der Waals surface area contributed by atoms with Crippen LogP contribution >= 0.6 is 0 Å². The van der Waals surface area contributed by atoms with Crippen LogP contribution in [-0.4, -0.2) is 24.6 Å². The lowest BCUT2D eigenvalue weighted by atomic mass is 9.80. The maximum atomic E-state index is 12.9. The van der Waals surface area contributed by atoms with Crippen molar-refractivity contribution in [3.05, 3.63) is 77.7 Å². The number of hydrogen-bond donors (Lipinski definition) is 0. The van der Waals surface area contributed by atoms with E-state index in [-0.39, 0.29) is 23.9 Å². The summed E-state index contributed by atoms with van der Waals surface area (Å²) in [5.74, 6) is 0.885. The summed E-state index contributed by atoms with van der Waals surface area (Å²) in [6, 6.07) is 18.2.